The summed E-state index contributed by atoms with van der Waals surface area (Å²) >= 11 is 0. The minimum absolute atomic E-state index is 0.0576. The van der Waals surface area contributed by atoms with Gasteiger partial charge in [-0.3, -0.25) is 19.4 Å². The molecule has 3 rings (SSSR count). The second-order valence-corrected chi connectivity index (χ2v) is 8.89. The lowest BCUT2D eigenvalue weighted by molar-refractivity contribution is -0.161. The van der Waals surface area contributed by atoms with Crippen LogP contribution in [0.3, 0.4) is 0 Å². The molecular formula is C23H32N6O7. The van der Waals surface area contributed by atoms with Gasteiger partial charge in [-0.25, -0.2) is 9.50 Å². The standard InChI is InChI=1S/C23H32N6O7/c1-6-17(31)35-19-15(9-34-22(33)18(24)12(2)3)36-23(10-25-5,20(19)32)16-8-7-14-21(28-13(4)30)26-11-27-29(14)16/h7-8,11-12,15,18-20,32H,5-6,9-10,24H2,1-4H3,(H,26,27,28,30)/t15-,18+,19-,20-,23+/m1/s1. The molecule has 1 saturated heterocycles. The monoisotopic (exact) mass is 504 g/mol. The Kier molecular flexibility index (Phi) is 8.38. The fraction of sp³-hybridized carbons (Fsp3) is 0.565. The summed E-state index contributed by atoms with van der Waals surface area (Å²) in [5.74, 6) is -1.46. The molecule has 36 heavy (non-hydrogen) atoms. The third-order valence-electron chi connectivity index (χ3n) is 5.98. The number of carbonyl (C=O) groups excluding carboxylic acids is 3. The number of aromatic nitrogens is 3. The lowest BCUT2D eigenvalue weighted by atomic mass is 9.91. The van der Waals surface area contributed by atoms with Crippen LogP contribution in [0.15, 0.2) is 23.5 Å². The van der Waals surface area contributed by atoms with E-state index in [2.05, 4.69) is 27.1 Å². The lowest BCUT2D eigenvalue weighted by Crippen LogP contribution is -2.46. The molecular weight excluding hydrogens is 472 g/mol. The second-order valence-electron chi connectivity index (χ2n) is 8.89. The lowest BCUT2D eigenvalue weighted by Gasteiger charge is -2.30. The third kappa shape index (κ3) is 5.22. The van der Waals surface area contributed by atoms with Crippen LogP contribution >= 0.6 is 0 Å². The number of nitrogens with zero attached hydrogens (tertiary/aromatic N) is 4. The molecule has 13 heteroatoms. The first kappa shape index (κ1) is 27.2. The van der Waals surface area contributed by atoms with Crippen LogP contribution in [0.4, 0.5) is 5.82 Å². The molecule has 0 unspecified atom stereocenters. The summed E-state index contributed by atoms with van der Waals surface area (Å²) in [6, 6.07) is 2.42. The van der Waals surface area contributed by atoms with Crippen molar-refractivity contribution in [3.8, 4) is 0 Å². The SMILES string of the molecule is C=NC[C@@]1(c2ccc3c(NC(C)=O)ncnn23)O[C@H](COC(=O)[C@@H](N)C(C)C)[C@@H](OC(=O)CC)[C@H]1O. The van der Waals surface area contributed by atoms with Crippen molar-refractivity contribution in [1.82, 2.24) is 14.6 Å². The van der Waals surface area contributed by atoms with E-state index in [1.807, 2.05) is 0 Å². The largest absolute Gasteiger partial charge is 0.462 e. The Morgan fingerprint density at radius 2 is 2.11 bits per heavy atom. The van der Waals surface area contributed by atoms with Crippen molar-refractivity contribution in [3.63, 3.8) is 0 Å². The van der Waals surface area contributed by atoms with Gasteiger partial charge in [-0.15, -0.1) is 0 Å². The van der Waals surface area contributed by atoms with E-state index in [1.54, 1.807) is 32.9 Å². The first-order valence-electron chi connectivity index (χ1n) is 11.6. The molecule has 0 aromatic carbocycles. The Balaban J connectivity index is 2.03. The Labute approximate surface area is 208 Å². The zero-order valence-electron chi connectivity index (χ0n) is 20.7. The second kappa shape index (κ2) is 11.1. The third-order valence-corrected chi connectivity index (χ3v) is 5.98. The maximum Gasteiger partial charge on any atom is 0.323 e. The van der Waals surface area contributed by atoms with E-state index in [1.165, 1.54) is 17.8 Å². The van der Waals surface area contributed by atoms with E-state index < -0.39 is 41.9 Å². The number of ether oxygens (including phenoxy) is 3. The van der Waals surface area contributed by atoms with Gasteiger partial charge in [0.15, 0.2) is 17.5 Å². The summed E-state index contributed by atoms with van der Waals surface area (Å²) in [4.78, 5) is 44.2. The number of fused-ring (bicyclic) bond motifs is 1. The number of hydrogen-bond acceptors (Lipinski definition) is 11. The number of anilines is 1. The molecule has 0 radical (unpaired) electrons. The summed E-state index contributed by atoms with van der Waals surface area (Å²) in [5, 5.41) is 18.3. The molecule has 2 aromatic heterocycles. The van der Waals surface area contributed by atoms with Crippen LogP contribution in [0, 0.1) is 5.92 Å². The van der Waals surface area contributed by atoms with Crippen molar-refractivity contribution >= 4 is 35.9 Å². The highest BCUT2D eigenvalue weighted by atomic mass is 16.6. The van der Waals surface area contributed by atoms with Crippen LogP contribution in [0.5, 0.6) is 0 Å². The normalized spacial score (nSPS) is 24.5. The number of amides is 1. The number of rotatable bonds is 10. The highest BCUT2D eigenvalue weighted by Crippen LogP contribution is 2.42. The topological polar surface area (TPSA) is 180 Å². The molecule has 5 atom stereocenters. The van der Waals surface area contributed by atoms with Gasteiger partial charge in [-0.05, 0) is 24.8 Å². The quantitative estimate of drug-likeness (QED) is 0.299. The highest BCUT2D eigenvalue weighted by molar-refractivity contribution is 5.91. The molecule has 0 spiro atoms. The van der Waals surface area contributed by atoms with Gasteiger partial charge < -0.3 is 30.4 Å². The van der Waals surface area contributed by atoms with Crippen molar-refractivity contribution in [2.45, 2.75) is 64.1 Å². The van der Waals surface area contributed by atoms with E-state index >= 15 is 0 Å². The molecule has 3 heterocycles. The van der Waals surface area contributed by atoms with Gasteiger partial charge in [0, 0.05) is 13.3 Å². The number of hydrogen-bond donors (Lipinski definition) is 3. The molecule has 196 valence electrons. The maximum atomic E-state index is 12.4. The molecule has 1 aliphatic heterocycles. The van der Waals surface area contributed by atoms with E-state index in [0.29, 0.717) is 11.2 Å². The summed E-state index contributed by atoms with van der Waals surface area (Å²) in [6.45, 7) is 9.59. The predicted octanol–water partition coefficient (Wildman–Crippen LogP) is 0.192. The van der Waals surface area contributed by atoms with Crippen LogP contribution in [0.1, 0.15) is 39.8 Å². The summed E-state index contributed by atoms with van der Waals surface area (Å²) in [5.41, 5.74) is 5.08. The minimum Gasteiger partial charge on any atom is -0.462 e. The van der Waals surface area contributed by atoms with Crippen molar-refractivity contribution in [3.05, 3.63) is 24.2 Å². The fourth-order valence-electron chi connectivity index (χ4n) is 4.02. The van der Waals surface area contributed by atoms with E-state index in [0.717, 1.165) is 0 Å². The average molecular weight is 505 g/mol. The first-order chi connectivity index (χ1) is 17.0. The van der Waals surface area contributed by atoms with Gasteiger partial charge in [0.05, 0.1) is 12.2 Å². The fourth-order valence-corrected chi connectivity index (χ4v) is 4.02. The Bertz CT molecular complexity index is 1140. The Hall–Kier alpha value is -3.42. The number of esters is 2. The number of carbonyl (C=O) groups is 3. The van der Waals surface area contributed by atoms with E-state index in [-0.39, 0.29) is 37.2 Å². The number of aliphatic imine (C=N–C) groups is 1. The summed E-state index contributed by atoms with van der Waals surface area (Å²) in [6.07, 6.45) is -2.37. The van der Waals surface area contributed by atoms with E-state index in [9.17, 15) is 19.5 Å². The molecule has 0 aliphatic carbocycles. The van der Waals surface area contributed by atoms with Crippen LogP contribution in [-0.2, 0) is 34.2 Å². The Morgan fingerprint density at radius 1 is 1.39 bits per heavy atom. The minimum atomic E-state index is -1.58. The van der Waals surface area contributed by atoms with Crippen molar-refractivity contribution in [2.75, 3.05) is 18.5 Å². The average Bonchev–Trinajstić information content (AvgIpc) is 3.38. The number of nitrogens with one attached hydrogen (secondary N) is 1. The zero-order chi connectivity index (χ0) is 26.6. The molecule has 13 nitrogen and oxygen atoms in total. The molecule has 0 saturated carbocycles. The van der Waals surface area contributed by atoms with E-state index in [4.69, 9.17) is 19.9 Å². The van der Waals surface area contributed by atoms with Gasteiger partial charge in [-0.1, -0.05) is 20.8 Å². The van der Waals surface area contributed by atoms with Gasteiger partial charge in [-0.2, -0.15) is 5.10 Å². The van der Waals surface area contributed by atoms with Gasteiger partial charge >= 0.3 is 11.9 Å². The van der Waals surface area contributed by atoms with Crippen molar-refractivity contribution in [1.29, 1.82) is 0 Å². The molecule has 1 amide bonds. The van der Waals surface area contributed by atoms with Gasteiger partial charge in [0.1, 0.15) is 36.7 Å². The molecule has 1 aliphatic rings. The zero-order valence-corrected chi connectivity index (χ0v) is 20.7. The molecule has 4 N–H and O–H groups in total. The van der Waals surface area contributed by atoms with Gasteiger partial charge in [0.25, 0.3) is 0 Å². The van der Waals surface area contributed by atoms with Crippen molar-refractivity contribution < 1.29 is 33.7 Å². The smallest absolute Gasteiger partial charge is 0.323 e. The number of aliphatic hydroxyl groups is 1. The van der Waals surface area contributed by atoms with Crippen LogP contribution < -0.4 is 11.1 Å². The molecule has 1 fully saturated rings. The molecule has 0 bridgehead atoms. The summed E-state index contributed by atoms with van der Waals surface area (Å²) in [7, 11) is 0. The number of aliphatic hydroxyl groups excluding tert-OH is 1. The molecule has 2 aromatic rings. The Morgan fingerprint density at radius 3 is 2.72 bits per heavy atom. The van der Waals surface area contributed by atoms with Gasteiger partial charge in [0.2, 0.25) is 5.91 Å². The van der Waals surface area contributed by atoms with Crippen LogP contribution in [0.25, 0.3) is 5.52 Å². The van der Waals surface area contributed by atoms with Crippen LogP contribution in [0.2, 0.25) is 0 Å². The summed E-state index contributed by atoms with van der Waals surface area (Å²) < 4.78 is 18.6. The van der Waals surface area contributed by atoms with Crippen molar-refractivity contribution in [2.24, 2.45) is 16.6 Å². The van der Waals surface area contributed by atoms with Crippen LogP contribution in [-0.4, -0.2) is 81.8 Å². The predicted molar refractivity (Wildman–Crippen MR) is 128 cm³/mol. The maximum absolute atomic E-state index is 12.4. The number of nitrogens with two attached hydrogens (primary N) is 1. The highest BCUT2D eigenvalue weighted by Gasteiger charge is 2.59. The first-order valence-corrected chi connectivity index (χ1v) is 11.6.